The third-order valence-electron chi connectivity index (χ3n) is 5.21. The number of hydrogen-bond donors (Lipinski definition) is 0. The number of anilines is 1. The summed E-state index contributed by atoms with van der Waals surface area (Å²) in [4.78, 5) is 11.9. The van der Waals surface area contributed by atoms with Crippen LogP contribution in [0.1, 0.15) is 63.6 Å². The van der Waals surface area contributed by atoms with Gasteiger partial charge in [0.15, 0.2) is 0 Å². The molecule has 3 unspecified atom stereocenters. The summed E-state index contributed by atoms with van der Waals surface area (Å²) in [5.41, 5.74) is 0. The zero-order valence-electron chi connectivity index (χ0n) is 11.8. The van der Waals surface area contributed by atoms with Gasteiger partial charge in [-0.25, -0.2) is 9.97 Å². The summed E-state index contributed by atoms with van der Waals surface area (Å²) in [6.07, 6.45) is 11.5. The third kappa shape index (κ3) is 2.03. The van der Waals surface area contributed by atoms with Gasteiger partial charge in [-0.3, -0.25) is 0 Å². The van der Waals surface area contributed by atoms with Crippen LogP contribution in [0.25, 0.3) is 0 Å². The average molecular weight is 257 g/mol. The quantitative estimate of drug-likeness (QED) is 0.812. The molecule has 1 saturated heterocycles. The van der Waals surface area contributed by atoms with E-state index >= 15 is 0 Å². The van der Waals surface area contributed by atoms with E-state index in [1.807, 2.05) is 6.20 Å². The van der Waals surface area contributed by atoms with Crippen LogP contribution in [0.4, 0.5) is 5.82 Å². The second kappa shape index (κ2) is 4.46. The van der Waals surface area contributed by atoms with Crippen molar-refractivity contribution in [1.29, 1.82) is 0 Å². The Morgan fingerprint density at radius 3 is 2.84 bits per heavy atom. The molecule has 2 saturated carbocycles. The first-order valence-corrected chi connectivity index (χ1v) is 7.94. The predicted octanol–water partition coefficient (Wildman–Crippen LogP) is 3.51. The minimum atomic E-state index is 0.648. The van der Waals surface area contributed by atoms with Gasteiger partial charge in [0.1, 0.15) is 11.6 Å². The Morgan fingerprint density at radius 2 is 2.00 bits per heavy atom. The lowest BCUT2D eigenvalue weighted by Crippen LogP contribution is -2.38. The van der Waals surface area contributed by atoms with Crippen LogP contribution in [-0.4, -0.2) is 22.1 Å². The molecule has 3 nitrogen and oxygen atoms in total. The van der Waals surface area contributed by atoms with Gasteiger partial charge in [-0.15, -0.1) is 0 Å². The topological polar surface area (TPSA) is 29.0 Å². The summed E-state index contributed by atoms with van der Waals surface area (Å²) in [5, 5.41) is 0. The number of fused-ring (bicyclic) bond motifs is 1. The maximum absolute atomic E-state index is 4.87. The molecular formula is C16H23N3. The normalized spacial score (nSPS) is 34.4. The largest absolute Gasteiger partial charge is 0.351 e. The van der Waals surface area contributed by atoms with Crippen molar-refractivity contribution in [3.8, 4) is 0 Å². The highest BCUT2D eigenvalue weighted by Crippen LogP contribution is 2.43. The van der Waals surface area contributed by atoms with Crippen LogP contribution in [0.3, 0.4) is 0 Å². The highest BCUT2D eigenvalue weighted by Gasteiger charge is 2.41. The van der Waals surface area contributed by atoms with Crippen molar-refractivity contribution in [3.05, 3.63) is 18.1 Å². The second-order valence-electron chi connectivity index (χ2n) is 6.65. The molecule has 102 valence electrons. The van der Waals surface area contributed by atoms with E-state index in [4.69, 9.17) is 4.98 Å². The molecule has 0 aromatic carbocycles. The lowest BCUT2D eigenvalue weighted by Gasteiger charge is -2.34. The monoisotopic (exact) mass is 257 g/mol. The van der Waals surface area contributed by atoms with Crippen LogP contribution in [-0.2, 0) is 0 Å². The molecule has 0 bridgehead atoms. The van der Waals surface area contributed by atoms with E-state index in [0.29, 0.717) is 12.0 Å². The van der Waals surface area contributed by atoms with E-state index < -0.39 is 0 Å². The maximum atomic E-state index is 4.87. The molecule has 3 fully saturated rings. The standard InChI is InChI=1S/C16H23N3/c1-11-10-13-4-2-3-5-14(13)19(11)15-8-9-17-16(18-15)12-6-7-12/h8-9,11-14H,2-7,10H2,1H3. The van der Waals surface area contributed by atoms with Gasteiger partial charge in [0.25, 0.3) is 0 Å². The maximum Gasteiger partial charge on any atom is 0.133 e. The number of hydrogen-bond acceptors (Lipinski definition) is 3. The third-order valence-corrected chi connectivity index (χ3v) is 5.21. The van der Waals surface area contributed by atoms with Crippen molar-refractivity contribution in [2.24, 2.45) is 5.92 Å². The Kier molecular flexibility index (Phi) is 2.75. The van der Waals surface area contributed by atoms with Gasteiger partial charge in [-0.2, -0.15) is 0 Å². The molecule has 3 atom stereocenters. The molecule has 1 aromatic rings. The number of aromatic nitrogens is 2. The molecule has 2 aliphatic carbocycles. The Hall–Kier alpha value is -1.12. The average Bonchev–Trinajstić information content (AvgIpc) is 3.21. The van der Waals surface area contributed by atoms with Crippen molar-refractivity contribution in [3.63, 3.8) is 0 Å². The molecular weight excluding hydrogens is 234 g/mol. The molecule has 2 heterocycles. The number of rotatable bonds is 2. The highest BCUT2D eigenvalue weighted by atomic mass is 15.3. The van der Waals surface area contributed by atoms with Gasteiger partial charge >= 0.3 is 0 Å². The van der Waals surface area contributed by atoms with Crippen molar-refractivity contribution < 1.29 is 0 Å². The molecule has 4 rings (SSSR count). The molecule has 1 aromatic heterocycles. The van der Waals surface area contributed by atoms with Gasteiger partial charge < -0.3 is 4.90 Å². The fourth-order valence-electron chi connectivity index (χ4n) is 4.15. The van der Waals surface area contributed by atoms with E-state index in [1.165, 1.54) is 50.8 Å². The lowest BCUT2D eigenvalue weighted by molar-refractivity contribution is 0.341. The highest BCUT2D eigenvalue weighted by molar-refractivity contribution is 5.43. The zero-order chi connectivity index (χ0) is 12.8. The van der Waals surface area contributed by atoms with E-state index in [1.54, 1.807) is 0 Å². The predicted molar refractivity (Wildman–Crippen MR) is 76.3 cm³/mol. The van der Waals surface area contributed by atoms with Crippen molar-refractivity contribution in [2.45, 2.75) is 69.9 Å². The van der Waals surface area contributed by atoms with Gasteiger partial charge in [0.2, 0.25) is 0 Å². The fourth-order valence-corrected chi connectivity index (χ4v) is 4.15. The van der Waals surface area contributed by atoms with Crippen LogP contribution in [0.2, 0.25) is 0 Å². The Balaban J connectivity index is 1.64. The first-order valence-electron chi connectivity index (χ1n) is 7.94. The lowest BCUT2D eigenvalue weighted by atomic mass is 9.85. The molecule has 3 heteroatoms. The van der Waals surface area contributed by atoms with Crippen molar-refractivity contribution >= 4 is 5.82 Å². The van der Waals surface area contributed by atoms with E-state index in [9.17, 15) is 0 Å². The van der Waals surface area contributed by atoms with Crippen molar-refractivity contribution in [1.82, 2.24) is 9.97 Å². The second-order valence-corrected chi connectivity index (χ2v) is 6.65. The van der Waals surface area contributed by atoms with Crippen LogP contribution >= 0.6 is 0 Å². The van der Waals surface area contributed by atoms with E-state index in [0.717, 1.165) is 17.8 Å². The molecule has 3 aliphatic rings. The van der Waals surface area contributed by atoms with Crippen LogP contribution < -0.4 is 4.90 Å². The van der Waals surface area contributed by atoms with Gasteiger partial charge in [-0.1, -0.05) is 12.8 Å². The first kappa shape index (κ1) is 11.7. The van der Waals surface area contributed by atoms with E-state index in [2.05, 4.69) is 22.9 Å². The summed E-state index contributed by atoms with van der Waals surface area (Å²) in [5.74, 6) is 3.84. The Bertz CT molecular complexity index is 469. The van der Waals surface area contributed by atoms with Gasteiger partial charge in [0, 0.05) is 24.2 Å². The minimum absolute atomic E-state index is 0.648. The van der Waals surface area contributed by atoms with E-state index in [-0.39, 0.29) is 0 Å². The van der Waals surface area contributed by atoms with Crippen molar-refractivity contribution in [2.75, 3.05) is 4.90 Å². The number of nitrogens with zero attached hydrogens (tertiary/aromatic N) is 3. The van der Waals surface area contributed by atoms with Gasteiger partial charge in [-0.05, 0) is 51.0 Å². The smallest absolute Gasteiger partial charge is 0.133 e. The molecule has 0 N–H and O–H groups in total. The summed E-state index contributed by atoms with van der Waals surface area (Å²) in [7, 11) is 0. The first-order chi connectivity index (χ1) is 9.33. The summed E-state index contributed by atoms with van der Waals surface area (Å²) < 4.78 is 0. The van der Waals surface area contributed by atoms with Crippen LogP contribution in [0.15, 0.2) is 12.3 Å². The Labute approximate surface area is 115 Å². The molecule has 1 aliphatic heterocycles. The molecule has 0 amide bonds. The van der Waals surface area contributed by atoms with Crippen LogP contribution in [0.5, 0.6) is 0 Å². The summed E-state index contributed by atoms with van der Waals surface area (Å²) in [6, 6.07) is 3.51. The minimum Gasteiger partial charge on any atom is -0.351 e. The molecule has 0 radical (unpaired) electrons. The summed E-state index contributed by atoms with van der Waals surface area (Å²) in [6.45, 7) is 2.37. The van der Waals surface area contributed by atoms with Gasteiger partial charge in [0.05, 0.1) is 0 Å². The zero-order valence-corrected chi connectivity index (χ0v) is 11.8. The fraction of sp³-hybridized carbons (Fsp3) is 0.750. The Morgan fingerprint density at radius 1 is 1.16 bits per heavy atom. The molecule has 0 spiro atoms. The molecule has 19 heavy (non-hydrogen) atoms. The SMILES string of the molecule is CC1CC2CCCCC2N1c1ccnc(C2CC2)n1. The van der Waals surface area contributed by atoms with Crippen LogP contribution in [0, 0.1) is 5.92 Å². The summed E-state index contributed by atoms with van der Waals surface area (Å²) >= 11 is 0.